The summed E-state index contributed by atoms with van der Waals surface area (Å²) in [6.45, 7) is 0. The summed E-state index contributed by atoms with van der Waals surface area (Å²) in [5.74, 6) is 2.71. The van der Waals surface area contributed by atoms with Crippen molar-refractivity contribution in [2.45, 2.75) is 24.1 Å². The van der Waals surface area contributed by atoms with Crippen molar-refractivity contribution in [3.05, 3.63) is 71.7 Å². The first-order valence-corrected chi connectivity index (χ1v) is 10.8. The van der Waals surface area contributed by atoms with Crippen LogP contribution < -0.4 is 20.1 Å². The number of benzene rings is 2. The number of nitrogens with zero attached hydrogens (tertiary/aromatic N) is 2. The van der Waals surface area contributed by atoms with Crippen LogP contribution in [0.15, 0.2) is 54.7 Å². The van der Waals surface area contributed by atoms with Gasteiger partial charge in [0.15, 0.2) is 0 Å². The summed E-state index contributed by atoms with van der Waals surface area (Å²) in [6.07, 6.45) is -3.02. The minimum Gasteiger partial charge on any atom is -0.489 e. The van der Waals surface area contributed by atoms with E-state index in [-0.39, 0.29) is 17.9 Å². The van der Waals surface area contributed by atoms with Crippen LogP contribution in [0.5, 0.6) is 17.2 Å². The van der Waals surface area contributed by atoms with Gasteiger partial charge in [-0.3, -0.25) is 5.32 Å². The maximum Gasteiger partial charge on any atom is 0.416 e. The van der Waals surface area contributed by atoms with Crippen LogP contribution in [0.4, 0.5) is 23.8 Å². The predicted octanol–water partition coefficient (Wildman–Crippen LogP) is 5.16. The van der Waals surface area contributed by atoms with Crippen LogP contribution in [0.25, 0.3) is 11.0 Å². The molecule has 3 N–H and O–H groups in total. The number of H-pyrrole nitrogens is 1. The number of fused-ring (bicyclic) bond motifs is 4. The molecule has 178 valence electrons. The van der Waals surface area contributed by atoms with Crippen molar-refractivity contribution in [3.8, 4) is 17.2 Å². The van der Waals surface area contributed by atoms with Crippen LogP contribution in [0.2, 0.25) is 0 Å². The van der Waals surface area contributed by atoms with Gasteiger partial charge in [-0.15, -0.1) is 0 Å². The second-order valence-electron chi connectivity index (χ2n) is 8.37. The molecule has 1 aliphatic heterocycles. The van der Waals surface area contributed by atoms with Gasteiger partial charge in [0.05, 0.1) is 22.5 Å². The first kappa shape index (κ1) is 21.3. The van der Waals surface area contributed by atoms with E-state index in [0.717, 1.165) is 23.4 Å². The van der Waals surface area contributed by atoms with E-state index in [1.54, 1.807) is 18.2 Å². The lowest BCUT2D eigenvalue weighted by molar-refractivity contribution is -0.137. The molecule has 2 amide bonds. The molecule has 11 heteroatoms. The first-order chi connectivity index (χ1) is 16.8. The molecule has 0 bridgehead atoms. The minimum absolute atomic E-state index is 0.0270. The van der Waals surface area contributed by atoms with Crippen LogP contribution in [-0.4, -0.2) is 34.1 Å². The van der Waals surface area contributed by atoms with E-state index in [4.69, 9.17) is 9.47 Å². The van der Waals surface area contributed by atoms with Gasteiger partial charge in [-0.25, -0.2) is 14.8 Å². The molecule has 8 nitrogen and oxygen atoms in total. The molecule has 4 aromatic rings. The third-order valence-electron chi connectivity index (χ3n) is 6.14. The zero-order valence-corrected chi connectivity index (χ0v) is 18.2. The number of imidazole rings is 1. The summed E-state index contributed by atoms with van der Waals surface area (Å²) in [4.78, 5) is 23.1. The Hall–Kier alpha value is -4.28. The van der Waals surface area contributed by atoms with Crippen molar-refractivity contribution in [2.24, 2.45) is 0 Å². The lowest BCUT2D eigenvalue weighted by atomic mass is 10.1. The van der Waals surface area contributed by atoms with E-state index in [9.17, 15) is 18.0 Å². The Kier molecular flexibility index (Phi) is 4.63. The number of nitrogens with one attached hydrogen (secondary N) is 3. The highest BCUT2D eigenvalue weighted by atomic mass is 19.4. The Balaban J connectivity index is 1.22. The number of halogens is 3. The van der Waals surface area contributed by atoms with Crippen molar-refractivity contribution >= 4 is 22.9 Å². The third-order valence-corrected chi connectivity index (χ3v) is 6.14. The molecule has 1 saturated carbocycles. The van der Waals surface area contributed by atoms with Gasteiger partial charge in [-0.1, -0.05) is 0 Å². The normalized spacial score (nSPS) is 20.1. The van der Waals surface area contributed by atoms with Gasteiger partial charge in [0.25, 0.3) is 0 Å². The highest BCUT2D eigenvalue weighted by Crippen LogP contribution is 2.63. The smallest absolute Gasteiger partial charge is 0.416 e. The number of aromatic nitrogens is 3. The number of rotatable bonds is 4. The molecule has 2 aliphatic rings. The standard InChI is InChI=1S/C24H18F3N5O3/c1-28-23(33)32-18-10-13(6-7-29-18)34-12-3-5-17-14(9-12)19-20(21(19)35-17)22-30-15-4-2-11(24(25,26)27)8-16(15)31-22/h2-10,19-21H,1H3,(H,30,31)(H2,28,29,32,33). The summed E-state index contributed by atoms with van der Waals surface area (Å²) >= 11 is 0. The van der Waals surface area contributed by atoms with E-state index in [2.05, 4.69) is 25.6 Å². The number of ether oxygens (including phenoxy) is 2. The average Bonchev–Trinajstić information content (AvgIpc) is 3.18. The molecule has 1 aliphatic carbocycles. The van der Waals surface area contributed by atoms with Gasteiger partial charge in [0.1, 0.15) is 35.0 Å². The van der Waals surface area contributed by atoms with Crippen molar-refractivity contribution in [1.82, 2.24) is 20.3 Å². The quantitative estimate of drug-likeness (QED) is 0.374. The van der Waals surface area contributed by atoms with Crippen LogP contribution in [0, 0.1) is 0 Å². The van der Waals surface area contributed by atoms with E-state index in [1.807, 2.05) is 12.1 Å². The molecule has 2 aromatic carbocycles. The monoisotopic (exact) mass is 481 g/mol. The number of hydrogen-bond acceptors (Lipinski definition) is 5. The summed E-state index contributed by atoms with van der Waals surface area (Å²) in [5, 5.41) is 5.04. The Labute approximate surface area is 196 Å². The first-order valence-electron chi connectivity index (χ1n) is 10.8. The molecule has 0 radical (unpaired) electrons. The topological polar surface area (TPSA) is 101 Å². The number of urea groups is 1. The van der Waals surface area contributed by atoms with Crippen LogP contribution in [0.3, 0.4) is 0 Å². The van der Waals surface area contributed by atoms with Gasteiger partial charge in [0, 0.05) is 30.8 Å². The molecule has 6 rings (SSSR count). The highest BCUT2D eigenvalue weighted by molar-refractivity contribution is 5.88. The predicted molar refractivity (Wildman–Crippen MR) is 120 cm³/mol. The number of anilines is 1. The number of hydrogen-bond donors (Lipinski definition) is 3. The fourth-order valence-electron chi connectivity index (χ4n) is 4.45. The van der Waals surface area contributed by atoms with Gasteiger partial charge in [-0.05, 0) is 42.5 Å². The Morgan fingerprint density at radius 1 is 1.09 bits per heavy atom. The zero-order valence-electron chi connectivity index (χ0n) is 18.2. The van der Waals surface area contributed by atoms with E-state index in [0.29, 0.717) is 34.2 Å². The highest BCUT2D eigenvalue weighted by Gasteiger charge is 2.61. The summed E-state index contributed by atoms with van der Waals surface area (Å²) in [5.41, 5.74) is 1.06. The van der Waals surface area contributed by atoms with E-state index < -0.39 is 17.8 Å². The van der Waals surface area contributed by atoms with Crippen LogP contribution in [-0.2, 0) is 6.18 Å². The SMILES string of the molecule is CNC(=O)Nc1cc(Oc2ccc3c(c2)C2C(O3)C2c2nc3ccc(C(F)(F)F)cc3[nH]2)ccn1. The molecule has 2 aromatic heterocycles. The van der Waals surface area contributed by atoms with Gasteiger partial charge < -0.3 is 19.8 Å². The molecule has 0 spiro atoms. The van der Waals surface area contributed by atoms with Crippen molar-refractivity contribution in [2.75, 3.05) is 12.4 Å². The van der Waals surface area contributed by atoms with Crippen LogP contribution in [0.1, 0.15) is 28.8 Å². The molecule has 1 fully saturated rings. The fraction of sp³-hybridized carbons (Fsp3) is 0.208. The maximum absolute atomic E-state index is 13.0. The molecular formula is C24H18F3N5O3. The average molecular weight is 481 g/mol. The minimum atomic E-state index is -4.41. The number of alkyl halides is 3. The van der Waals surface area contributed by atoms with E-state index in [1.165, 1.54) is 19.3 Å². The lowest BCUT2D eigenvalue weighted by Crippen LogP contribution is -2.24. The van der Waals surface area contributed by atoms with E-state index >= 15 is 0 Å². The maximum atomic E-state index is 13.0. The number of pyridine rings is 1. The number of carbonyl (C=O) groups is 1. The Morgan fingerprint density at radius 3 is 2.71 bits per heavy atom. The summed E-state index contributed by atoms with van der Waals surface area (Å²) in [7, 11) is 1.51. The van der Waals surface area contributed by atoms with Crippen LogP contribution >= 0.6 is 0 Å². The van der Waals surface area contributed by atoms with Gasteiger partial charge in [-0.2, -0.15) is 13.2 Å². The lowest BCUT2D eigenvalue weighted by Gasteiger charge is -2.11. The molecule has 3 unspecified atom stereocenters. The van der Waals surface area contributed by atoms with Gasteiger partial charge in [0.2, 0.25) is 0 Å². The Bertz CT molecular complexity index is 1470. The molecule has 35 heavy (non-hydrogen) atoms. The second-order valence-corrected chi connectivity index (χ2v) is 8.37. The van der Waals surface area contributed by atoms with Crippen molar-refractivity contribution < 1.29 is 27.4 Å². The number of amides is 2. The van der Waals surface area contributed by atoms with Gasteiger partial charge >= 0.3 is 12.2 Å². The Morgan fingerprint density at radius 2 is 1.91 bits per heavy atom. The summed E-state index contributed by atoms with van der Waals surface area (Å²) in [6, 6.07) is 11.9. The molecular weight excluding hydrogens is 463 g/mol. The third kappa shape index (κ3) is 3.78. The number of carbonyl (C=O) groups excluding carboxylic acids is 1. The zero-order chi connectivity index (χ0) is 24.3. The molecule has 3 atom stereocenters. The fourth-order valence-corrected chi connectivity index (χ4v) is 4.45. The number of aromatic amines is 1. The van der Waals surface area contributed by atoms with Crippen molar-refractivity contribution in [3.63, 3.8) is 0 Å². The molecule has 0 saturated heterocycles. The summed E-state index contributed by atoms with van der Waals surface area (Å²) < 4.78 is 51.1. The largest absolute Gasteiger partial charge is 0.489 e. The van der Waals surface area contributed by atoms with Crippen molar-refractivity contribution in [1.29, 1.82) is 0 Å². The second kappa shape index (κ2) is 7.62. The molecule has 3 heterocycles.